The third kappa shape index (κ3) is 2.39. The first-order valence-electron chi connectivity index (χ1n) is 4.77. The molecule has 0 radical (unpaired) electrons. The number of anilines is 1. The van der Waals surface area contributed by atoms with Gasteiger partial charge in [-0.1, -0.05) is 11.8 Å². The summed E-state index contributed by atoms with van der Waals surface area (Å²) in [6.45, 7) is 2.33. The predicted octanol–water partition coefficient (Wildman–Crippen LogP) is 0.573. The van der Waals surface area contributed by atoms with Crippen molar-refractivity contribution in [1.82, 2.24) is 20.1 Å². The van der Waals surface area contributed by atoms with E-state index in [0.29, 0.717) is 11.2 Å². The summed E-state index contributed by atoms with van der Waals surface area (Å²) >= 11 is 1.73. The number of aromatic nitrogens is 3. The van der Waals surface area contributed by atoms with Gasteiger partial charge >= 0.3 is 0 Å². The van der Waals surface area contributed by atoms with Crippen LogP contribution in [0.3, 0.4) is 0 Å². The number of thioether (sulfide) groups is 1. The van der Waals surface area contributed by atoms with Crippen LogP contribution in [-0.2, 0) is 0 Å². The van der Waals surface area contributed by atoms with E-state index in [2.05, 4.69) is 27.1 Å². The maximum Gasteiger partial charge on any atom is 0.216 e. The third-order valence-corrected chi connectivity index (χ3v) is 3.62. The van der Waals surface area contributed by atoms with Crippen molar-refractivity contribution in [3.63, 3.8) is 0 Å². The number of aromatic amines is 1. The Morgan fingerprint density at radius 1 is 1.50 bits per heavy atom. The quantitative estimate of drug-likeness (QED) is 0.751. The summed E-state index contributed by atoms with van der Waals surface area (Å²) < 4.78 is 0. The van der Waals surface area contributed by atoms with Gasteiger partial charge in [0, 0.05) is 5.25 Å². The lowest BCUT2D eigenvalue weighted by Crippen LogP contribution is -2.31. The zero-order valence-corrected chi connectivity index (χ0v) is 9.05. The summed E-state index contributed by atoms with van der Waals surface area (Å²) in [5.74, 6) is 0.403. The maximum atomic E-state index is 5.46. The molecule has 2 rings (SSSR count). The summed E-state index contributed by atoms with van der Waals surface area (Å²) in [4.78, 5) is 6.43. The largest absolute Gasteiger partial charge is 0.368 e. The first-order chi connectivity index (χ1) is 6.74. The molecule has 0 aromatic carbocycles. The van der Waals surface area contributed by atoms with Crippen LogP contribution in [0.15, 0.2) is 5.16 Å². The molecule has 0 atom stereocenters. The highest BCUT2D eigenvalue weighted by Crippen LogP contribution is 2.27. The third-order valence-electron chi connectivity index (χ3n) is 2.42. The van der Waals surface area contributed by atoms with Crippen molar-refractivity contribution in [1.29, 1.82) is 0 Å². The van der Waals surface area contributed by atoms with Crippen LogP contribution in [-0.4, -0.2) is 45.5 Å². The van der Waals surface area contributed by atoms with Crippen LogP contribution >= 0.6 is 11.8 Å². The summed E-state index contributed by atoms with van der Waals surface area (Å²) in [6, 6.07) is 0. The molecule has 1 aromatic rings. The number of nitrogens with two attached hydrogens (primary N) is 1. The first kappa shape index (κ1) is 9.79. The molecule has 5 nitrogen and oxygen atoms in total. The van der Waals surface area contributed by atoms with Gasteiger partial charge in [0.1, 0.15) is 0 Å². The van der Waals surface area contributed by atoms with Crippen LogP contribution in [0.25, 0.3) is 0 Å². The topological polar surface area (TPSA) is 70.8 Å². The van der Waals surface area contributed by atoms with E-state index in [-0.39, 0.29) is 0 Å². The number of rotatable bonds is 2. The maximum absolute atomic E-state index is 5.46. The van der Waals surface area contributed by atoms with Crippen molar-refractivity contribution in [2.24, 2.45) is 0 Å². The zero-order valence-electron chi connectivity index (χ0n) is 8.23. The SMILES string of the molecule is CN1CCC(Sc2n[nH]c(N)n2)CC1. The van der Waals surface area contributed by atoms with E-state index in [1.54, 1.807) is 11.8 Å². The monoisotopic (exact) mass is 213 g/mol. The van der Waals surface area contributed by atoms with Crippen LogP contribution < -0.4 is 5.73 Å². The molecule has 1 aromatic heterocycles. The molecule has 0 saturated carbocycles. The first-order valence-corrected chi connectivity index (χ1v) is 5.65. The average molecular weight is 213 g/mol. The molecule has 0 aliphatic carbocycles. The Morgan fingerprint density at radius 3 is 2.79 bits per heavy atom. The Balaban J connectivity index is 1.86. The molecule has 14 heavy (non-hydrogen) atoms. The zero-order chi connectivity index (χ0) is 9.97. The summed E-state index contributed by atoms with van der Waals surface area (Å²) in [5.41, 5.74) is 5.46. The summed E-state index contributed by atoms with van der Waals surface area (Å²) in [7, 11) is 2.16. The van der Waals surface area contributed by atoms with Crippen molar-refractivity contribution in [3.8, 4) is 0 Å². The number of H-pyrrole nitrogens is 1. The minimum atomic E-state index is 0.403. The highest BCUT2D eigenvalue weighted by atomic mass is 32.2. The lowest BCUT2D eigenvalue weighted by Gasteiger charge is -2.27. The number of nitrogen functional groups attached to an aromatic ring is 1. The summed E-state index contributed by atoms with van der Waals surface area (Å²) in [6.07, 6.45) is 2.41. The van der Waals surface area contributed by atoms with E-state index in [4.69, 9.17) is 5.73 Å². The fourth-order valence-electron chi connectivity index (χ4n) is 1.56. The molecule has 0 unspecified atom stereocenters. The Labute approximate surface area is 87.5 Å². The smallest absolute Gasteiger partial charge is 0.216 e. The van der Waals surface area contributed by atoms with E-state index < -0.39 is 0 Å². The van der Waals surface area contributed by atoms with Crippen molar-refractivity contribution in [2.45, 2.75) is 23.2 Å². The van der Waals surface area contributed by atoms with E-state index in [9.17, 15) is 0 Å². The van der Waals surface area contributed by atoms with Crippen molar-refractivity contribution in [2.75, 3.05) is 25.9 Å². The molecule has 0 bridgehead atoms. The lowest BCUT2D eigenvalue weighted by molar-refractivity contribution is 0.282. The molecule has 3 N–H and O–H groups in total. The van der Waals surface area contributed by atoms with Gasteiger partial charge < -0.3 is 10.6 Å². The molecule has 1 fully saturated rings. The lowest BCUT2D eigenvalue weighted by atomic mass is 10.1. The molecule has 1 saturated heterocycles. The van der Waals surface area contributed by atoms with Crippen molar-refractivity contribution in [3.05, 3.63) is 0 Å². The van der Waals surface area contributed by atoms with E-state index >= 15 is 0 Å². The van der Waals surface area contributed by atoms with Crippen LogP contribution in [0.4, 0.5) is 5.95 Å². The van der Waals surface area contributed by atoms with Crippen LogP contribution in [0.2, 0.25) is 0 Å². The van der Waals surface area contributed by atoms with Gasteiger partial charge in [0.15, 0.2) is 0 Å². The van der Waals surface area contributed by atoms with Crippen LogP contribution in [0.5, 0.6) is 0 Å². The van der Waals surface area contributed by atoms with Gasteiger partial charge in [-0.25, -0.2) is 5.10 Å². The molecule has 0 spiro atoms. The number of hydrogen-bond acceptors (Lipinski definition) is 5. The molecular formula is C8H15N5S. The molecule has 2 heterocycles. The van der Waals surface area contributed by atoms with Gasteiger partial charge in [0.2, 0.25) is 11.1 Å². The molecule has 1 aliphatic rings. The fourth-order valence-corrected chi connectivity index (χ4v) is 2.56. The number of likely N-dealkylation sites (tertiary alicyclic amines) is 1. The molecule has 6 heteroatoms. The van der Waals surface area contributed by atoms with E-state index in [1.165, 1.54) is 12.8 Å². The highest BCUT2D eigenvalue weighted by Gasteiger charge is 2.19. The van der Waals surface area contributed by atoms with Gasteiger partial charge in [-0.3, -0.25) is 0 Å². The Kier molecular flexibility index (Phi) is 2.93. The normalized spacial score (nSPS) is 20.1. The molecule has 78 valence electrons. The molecule has 0 amide bonds. The Bertz CT molecular complexity index is 292. The average Bonchev–Trinajstić information content (AvgIpc) is 2.56. The van der Waals surface area contributed by atoms with E-state index in [1.807, 2.05) is 0 Å². The Morgan fingerprint density at radius 2 is 2.21 bits per heavy atom. The fraction of sp³-hybridized carbons (Fsp3) is 0.750. The van der Waals surface area contributed by atoms with E-state index in [0.717, 1.165) is 18.2 Å². The van der Waals surface area contributed by atoms with Crippen LogP contribution in [0, 0.1) is 0 Å². The van der Waals surface area contributed by atoms with Gasteiger partial charge in [-0.05, 0) is 33.0 Å². The van der Waals surface area contributed by atoms with Crippen molar-refractivity contribution < 1.29 is 0 Å². The molecule has 1 aliphatic heterocycles. The highest BCUT2D eigenvalue weighted by molar-refractivity contribution is 7.99. The van der Waals surface area contributed by atoms with Gasteiger partial charge in [0.05, 0.1) is 0 Å². The van der Waals surface area contributed by atoms with Gasteiger partial charge in [-0.2, -0.15) is 4.98 Å². The minimum absolute atomic E-state index is 0.403. The van der Waals surface area contributed by atoms with Crippen molar-refractivity contribution >= 4 is 17.7 Å². The van der Waals surface area contributed by atoms with Crippen LogP contribution in [0.1, 0.15) is 12.8 Å². The number of nitrogens with zero attached hydrogens (tertiary/aromatic N) is 3. The second-order valence-corrected chi connectivity index (χ2v) is 4.89. The minimum Gasteiger partial charge on any atom is -0.368 e. The predicted molar refractivity (Wildman–Crippen MR) is 57.2 cm³/mol. The number of hydrogen-bond donors (Lipinski definition) is 2. The Hall–Kier alpha value is -0.750. The standard InChI is InChI=1S/C8H15N5S/c1-13-4-2-6(3-5-13)14-8-10-7(9)11-12-8/h6H,2-5H2,1H3,(H3,9,10,11,12). The van der Waals surface area contributed by atoms with Gasteiger partial charge in [0.25, 0.3) is 0 Å². The summed E-state index contributed by atoms with van der Waals surface area (Å²) in [5, 5.41) is 8.08. The second kappa shape index (κ2) is 4.18. The second-order valence-electron chi connectivity index (χ2n) is 3.62. The number of nitrogens with one attached hydrogen (secondary N) is 1. The molecular weight excluding hydrogens is 198 g/mol. The van der Waals surface area contributed by atoms with Gasteiger partial charge in [-0.15, -0.1) is 5.10 Å². The number of piperidine rings is 1.